The number of rotatable bonds is 2. The van der Waals surface area contributed by atoms with Crippen molar-refractivity contribution in [3.05, 3.63) is 35.6 Å². The van der Waals surface area contributed by atoms with Crippen molar-refractivity contribution in [1.82, 2.24) is 14.7 Å². The topological polar surface area (TPSA) is 19.0 Å². The minimum atomic E-state index is -0.0894. The Bertz CT molecular complexity index is 546. The highest BCUT2D eigenvalue weighted by atomic mass is 19.1. The van der Waals surface area contributed by atoms with E-state index in [2.05, 4.69) is 21.7 Å². The minimum Gasteiger partial charge on any atom is -0.378 e. The first-order valence-electron chi connectivity index (χ1n) is 8.15. The summed E-state index contributed by atoms with van der Waals surface area (Å²) >= 11 is 0. The molecule has 4 nitrogen and oxygen atoms in total. The SMILES string of the molecule is CN1C[C@@H]2COCCN2C2(C1)CN(Cc1ccccc1F)C2. The Balaban J connectivity index is 1.45. The fourth-order valence-electron chi connectivity index (χ4n) is 4.50. The van der Waals surface area contributed by atoms with Crippen molar-refractivity contribution in [2.24, 2.45) is 0 Å². The first-order valence-corrected chi connectivity index (χ1v) is 8.15. The van der Waals surface area contributed by atoms with E-state index in [9.17, 15) is 4.39 Å². The fraction of sp³-hybridized carbons (Fsp3) is 0.647. The second kappa shape index (κ2) is 5.57. The summed E-state index contributed by atoms with van der Waals surface area (Å²) in [6.45, 7) is 7.70. The highest BCUT2D eigenvalue weighted by Crippen LogP contribution is 2.36. The van der Waals surface area contributed by atoms with E-state index in [4.69, 9.17) is 4.74 Å². The van der Waals surface area contributed by atoms with Crippen molar-refractivity contribution in [2.45, 2.75) is 18.1 Å². The standard InChI is InChI=1S/C17H24FN3O/c1-19-9-15-10-22-7-6-21(15)17(11-19)12-20(13-17)8-14-4-2-3-5-16(14)18/h2-5,15H,6-13H2,1H3/t15-/m1/s1. The molecule has 1 aromatic carbocycles. The van der Waals surface area contributed by atoms with Crippen molar-refractivity contribution in [3.63, 3.8) is 0 Å². The Morgan fingerprint density at radius 1 is 1.27 bits per heavy atom. The molecule has 0 saturated carbocycles. The van der Waals surface area contributed by atoms with Crippen LogP contribution < -0.4 is 0 Å². The number of likely N-dealkylation sites (N-methyl/N-ethyl adjacent to an activating group) is 1. The third-order valence-electron chi connectivity index (χ3n) is 5.31. The molecule has 0 unspecified atom stereocenters. The zero-order valence-corrected chi connectivity index (χ0v) is 13.2. The van der Waals surface area contributed by atoms with Gasteiger partial charge in [0.15, 0.2) is 0 Å². The Kier molecular flexibility index (Phi) is 3.69. The monoisotopic (exact) mass is 305 g/mol. The van der Waals surface area contributed by atoms with E-state index in [1.54, 1.807) is 12.1 Å². The smallest absolute Gasteiger partial charge is 0.127 e. The van der Waals surface area contributed by atoms with Crippen LogP contribution in [0.15, 0.2) is 24.3 Å². The molecule has 1 aromatic rings. The summed E-state index contributed by atoms with van der Waals surface area (Å²) in [6.07, 6.45) is 0. The van der Waals surface area contributed by atoms with Gasteiger partial charge >= 0.3 is 0 Å². The molecule has 3 aliphatic rings. The molecule has 0 radical (unpaired) electrons. The van der Waals surface area contributed by atoms with Crippen molar-refractivity contribution in [2.75, 3.05) is 53.0 Å². The summed E-state index contributed by atoms with van der Waals surface area (Å²) in [5.41, 5.74) is 1.05. The van der Waals surface area contributed by atoms with Crippen LogP contribution in [0.1, 0.15) is 5.56 Å². The molecule has 3 aliphatic heterocycles. The molecule has 22 heavy (non-hydrogen) atoms. The first-order chi connectivity index (χ1) is 10.7. The van der Waals surface area contributed by atoms with E-state index in [0.717, 1.165) is 51.5 Å². The van der Waals surface area contributed by atoms with Crippen LogP contribution in [-0.4, -0.2) is 79.3 Å². The van der Waals surface area contributed by atoms with Crippen molar-refractivity contribution < 1.29 is 9.13 Å². The number of fused-ring (bicyclic) bond motifs is 2. The van der Waals surface area contributed by atoms with E-state index in [-0.39, 0.29) is 11.4 Å². The van der Waals surface area contributed by atoms with Crippen molar-refractivity contribution >= 4 is 0 Å². The van der Waals surface area contributed by atoms with Crippen LogP contribution in [0.5, 0.6) is 0 Å². The molecule has 5 heteroatoms. The number of piperazine rings is 1. The maximum Gasteiger partial charge on any atom is 0.127 e. The van der Waals surface area contributed by atoms with Crippen molar-refractivity contribution in [3.8, 4) is 0 Å². The number of benzene rings is 1. The Labute approximate surface area is 131 Å². The summed E-state index contributed by atoms with van der Waals surface area (Å²) in [5, 5.41) is 0. The molecule has 0 N–H and O–H groups in total. The van der Waals surface area contributed by atoms with Gasteiger partial charge in [0.1, 0.15) is 5.82 Å². The number of ether oxygens (including phenoxy) is 1. The van der Waals surface area contributed by atoms with Gasteiger partial charge in [0.05, 0.1) is 18.8 Å². The van der Waals surface area contributed by atoms with Crippen LogP contribution in [0, 0.1) is 5.82 Å². The van der Waals surface area contributed by atoms with Crippen LogP contribution in [0.4, 0.5) is 4.39 Å². The second-order valence-electron chi connectivity index (χ2n) is 7.08. The van der Waals surface area contributed by atoms with Crippen LogP contribution in [0.25, 0.3) is 0 Å². The predicted molar refractivity (Wildman–Crippen MR) is 83.2 cm³/mol. The molecule has 1 atom stereocenters. The average Bonchev–Trinajstić information content (AvgIpc) is 2.47. The van der Waals surface area contributed by atoms with E-state index in [1.807, 2.05) is 12.1 Å². The van der Waals surface area contributed by atoms with Gasteiger partial charge in [-0.15, -0.1) is 0 Å². The summed E-state index contributed by atoms with van der Waals surface area (Å²) in [4.78, 5) is 7.45. The Morgan fingerprint density at radius 3 is 2.91 bits per heavy atom. The maximum atomic E-state index is 13.8. The quantitative estimate of drug-likeness (QED) is 0.812. The van der Waals surface area contributed by atoms with Gasteiger partial charge in [-0.2, -0.15) is 0 Å². The van der Waals surface area contributed by atoms with Gasteiger partial charge in [-0.05, 0) is 13.1 Å². The predicted octanol–water partition coefficient (Wildman–Crippen LogP) is 1.03. The van der Waals surface area contributed by atoms with Crippen LogP contribution in [0.2, 0.25) is 0 Å². The van der Waals surface area contributed by atoms with E-state index >= 15 is 0 Å². The lowest BCUT2D eigenvalue weighted by atomic mass is 9.82. The van der Waals surface area contributed by atoms with Gasteiger partial charge in [0.2, 0.25) is 0 Å². The molecule has 0 aliphatic carbocycles. The molecule has 3 fully saturated rings. The largest absolute Gasteiger partial charge is 0.378 e. The van der Waals surface area contributed by atoms with Crippen LogP contribution in [0.3, 0.4) is 0 Å². The molecule has 0 bridgehead atoms. The van der Waals surface area contributed by atoms with Gasteiger partial charge in [0.25, 0.3) is 0 Å². The van der Waals surface area contributed by atoms with Crippen molar-refractivity contribution in [1.29, 1.82) is 0 Å². The number of likely N-dealkylation sites (tertiary alicyclic amines) is 1. The lowest BCUT2D eigenvalue weighted by Gasteiger charge is -2.63. The fourth-order valence-corrected chi connectivity index (χ4v) is 4.50. The first kappa shape index (κ1) is 14.6. The number of nitrogens with zero attached hydrogens (tertiary/aromatic N) is 3. The zero-order chi connectivity index (χ0) is 15.2. The van der Waals surface area contributed by atoms with Crippen LogP contribution in [-0.2, 0) is 11.3 Å². The Morgan fingerprint density at radius 2 is 2.09 bits per heavy atom. The van der Waals surface area contributed by atoms with Gasteiger partial charge in [-0.1, -0.05) is 18.2 Å². The summed E-state index contributed by atoms with van der Waals surface area (Å²) in [7, 11) is 2.20. The minimum absolute atomic E-state index is 0.0894. The summed E-state index contributed by atoms with van der Waals surface area (Å²) in [6, 6.07) is 7.64. The lowest BCUT2D eigenvalue weighted by Crippen LogP contribution is -2.80. The molecule has 0 aromatic heterocycles. The Hall–Kier alpha value is -1.01. The molecule has 1 spiro atoms. The molecular weight excluding hydrogens is 281 g/mol. The summed E-state index contributed by atoms with van der Waals surface area (Å²) in [5.74, 6) is -0.0894. The molecular formula is C17H24FN3O. The molecule has 120 valence electrons. The molecule has 3 saturated heterocycles. The van der Waals surface area contributed by atoms with E-state index < -0.39 is 0 Å². The summed E-state index contributed by atoms with van der Waals surface area (Å²) < 4.78 is 19.5. The van der Waals surface area contributed by atoms with E-state index in [1.165, 1.54) is 0 Å². The van der Waals surface area contributed by atoms with Gasteiger partial charge in [0, 0.05) is 50.9 Å². The number of morpholine rings is 1. The molecule has 0 amide bonds. The highest BCUT2D eigenvalue weighted by Gasteiger charge is 2.53. The van der Waals surface area contributed by atoms with Gasteiger partial charge in [-0.25, -0.2) is 4.39 Å². The number of hydrogen-bond donors (Lipinski definition) is 0. The third kappa shape index (κ3) is 2.46. The van der Waals surface area contributed by atoms with E-state index in [0.29, 0.717) is 12.6 Å². The zero-order valence-electron chi connectivity index (χ0n) is 13.2. The second-order valence-corrected chi connectivity index (χ2v) is 7.08. The van der Waals surface area contributed by atoms with Gasteiger partial charge in [-0.3, -0.25) is 9.80 Å². The normalized spacial score (nSPS) is 29.3. The van der Waals surface area contributed by atoms with Gasteiger partial charge < -0.3 is 9.64 Å². The number of halogens is 1. The third-order valence-corrected chi connectivity index (χ3v) is 5.31. The van der Waals surface area contributed by atoms with Crippen LogP contribution >= 0.6 is 0 Å². The average molecular weight is 305 g/mol. The molecule has 4 rings (SSSR count). The maximum absolute atomic E-state index is 13.8. The molecule has 3 heterocycles. The number of hydrogen-bond acceptors (Lipinski definition) is 4. The lowest BCUT2D eigenvalue weighted by molar-refractivity contribution is -0.163. The highest BCUT2D eigenvalue weighted by molar-refractivity contribution is 5.19.